The van der Waals surface area contributed by atoms with Crippen LogP contribution in [0.1, 0.15) is 19.3 Å². The highest BCUT2D eigenvalue weighted by molar-refractivity contribution is 5.73. The predicted octanol–water partition coefficient (Wildman–Crippen LogP) is -1.34. The van der Waals surface area contributed by atoms with Crippen LogP contribution >= 0.6 is 0 Å². The number of nitrogens with zero attached hydrogens (tertiary/aromatic N) is 1. The number of quaternary nitrogens is 1. The van der Waals surface area contributed by atoms with Crippen LogP contribution in [0.5, 0.6) is 0 Å². The molecule has 1 atom stereocenters. The van der Waals surface area contributed by atoms with E-state index in [2.05, 4.69) is 5.32 Å². The molecule has 1 aliphatic heterocycles. The highest BCUT2D eigenvalue weighted by Crippen LogP contribution is 2.05. The summed E-state index contributed by atoms with van der Waals surface area (Å²) in [5.41, 5.74) is 0. The maximum atomic E-state index is 10.3. The molecule has 1 saturated heterocycles. The lowest BCUT2D eigenvalue weighted by atomic mass is 10.1. The fourth-order valence-corrected chi connectivity index (χ4v) is 1.45. The number of carbonyl (C=O) groups excluding carboxylic acids is 1. The van der Waals surface area contributed by atoms with Gasteiger partial charge in [0, 0.05) is 0 Å². The molecule has 0 amide bonds. The van der Waals surface area contributed by atoms with Crippen molar-refractivity contribution in [3.8, 4) is 0 Å². The third-order valence-corrected chi connectivity index (χ3v) is 2.21. The van der Waals surface area contributed by atoms with E-state index in [1.165, 1.54) is 0 Å². The van der Waals surface area contributed by atoms with Crippen LogP contribution in [0.2, 0.25) is 0 Å². The van der Waals surface area contributed by atoms with Crippen LogP contribution in [0.25, 0.3) is 0 Å². The third kappa shape index (κ3) is 9.77. The Morgan fingerprint density at radius 1 is 1.35 bits per heavy atom. The zero-order valence-electron chi connectivity index (χ0n) is 10.7. The Bertz CT molecular complexity index is 255. The number of carboxylic acid groups (broad SMARTS) is 2. The molecule has 1 heterocycles. The molecule has 0 saturated carbocycles. The van der Waals surface area contributed by atoms with Gasteiger partial charge >= 0.3 is 5.97 Å². The summed E-state index contributed by atoms with van der Waals surface area (Å²) >= 11 is 0. The summed E-state index contributed by atoms with van der Waals surface area (Å²) in [7, 11) is 5.40. The van der Waals surface area contributed by atoms with Crippen molar-refractivity contribution in [2.45, 2.75) is 25.3 Å². The monoisotopic (exact) mass is 246 g/mol. The summed E-state index contributed by atoms with van der Waals surface area (Å²) in [6.45, 7) is 0.928. The minimum absolute atomic E-state index is 0.0694. The molecule has 6 nitrogen and oxygen atoms in total. The molecule has 1 fully saturated rings. The van der Waals surface area contributed by atoms with E-state index in [-0.39, 0.29) is 12.6 Å². The molecule has 0 aromatic rings. The Kier molecular flexibility index (Phi) is 6.75. The summed E-state index contributed by atoms with van der Waals surface area (Å²) in [5, 5.41) is 21.3. The minimum atomic E-state index is -1.00. The second-order valence-corrected chi connectivity index (χ2v) is 5.16. The first-order chi connectivity index (χ1) is 7.72. The smallest absolute Gasteiger partial charge is 0.320 e. The average Bonchev–Trinajstić information content (AvgIpc) is 2.16. The molecule has 0 bridgehead atoms. The largest absolute Gasteiger partial charge is 0.544 e. The zero-order chi connectivity index (χ0) is 13.5. The quantitative estimate of drug-likeness (QED) is 0.601. The number of nitrogens with one attached hydrogen (secondary N) is 1. The van der Waals surface area contributed by atoms with Crippen LogP contribution in [0.15, 0.2) is 0 Å². The first-order valence-electron chi connectivity index (χ1n) is 5.69. The van der Waals surface area contributed by atoms with E-state index in [9.17, 15) is 14.7 Å². The maximum absolute atomic E-state index is 10.3. The molecule has 100 valence electrons. The van der Waals surface area contributed by atoms with Crippen molar-refractivity contribution < 1.29 is 24.3 Å². The van der Waals surface area contributed by atoms with Gasteiger partial charge in [-0.25, -0.2) is 0 Å². The topological polar surface area (TPSA) is 89.5 Å². The van der Waals surface area contributed by atoms with Gasteiger partial charge in [-0.1, -0.05) is 6.42 Å². The summed E-state index contributed by atoms with van der Waals surface area (Å²) in [5.74, 6) is -1.72. The van der Waals surface area contributed by atoms with Crippen molar-refractivity contribution >= 4 is 11.9 Å². The fourth-order valence-electron chi connectivity index (χ4n) is 1.45. The van der Waals surface area contributed by atoms with Crippen molar-refractivity contribution in [1.29, 1.82) is 0 Å². The highest BCUT2D eigenvalue weighted by Gasteiger charge is 2.18. The summed E-state index contributed by atoms with van der Waals surface area (Å²) < 4.78 is 0.419. The summed E-state index contributed by atoms with van der Waals surface area (Å²) in [4.78, 5) is 20.2. The first kappa shape index (κ1) is 15.9. The molecule has 0 aromatic carbocycles. The van der Waals surface area contributed by atoms with E-state index in [4.69, 9.17) is 5.11 Å². The van der Waals surface area contributed by atoms with Crippen LogP contribution in [-0.4, -0.2) is 61.8 Å². The minimum Gasteiger partial charge on any atom is -0.544 e. The maximum Gasteiger partial charge on any atom is 0.320 e. The number of piperidine rings is 1. The van der Waals surface area contributed by atoms with Gasteiger partial charge in [0.1, 0.15) is 12.6 Å². The second-order valence-electron chi connectivity index (χ2n) is 5.16. The molecule has 6 heteroatoms. The molecule has 0 radical (unpaired) electrons. The number of likely N-dealkylation sites (N-methyl/N-ethyl adjacent to an activating group) is 1. The first-order valence-corrected chi connectivity index (χ1v) is 5.69. The molecular formula is C11H22N2O4. The normalized spacial score (nSPS) is 20.1. The Labute approximate surface area is 102 Å². The van der Waals surface area contributed by atoms with E-state index in [1.54, 1.807) is 21.1 Å². The van der Waals surface area contributed by atoms with E-state index >= 15 is 0 Å². The number of hydrogen-bond donors (Lipinski definition) is 2. The lowest BCUT2D eigenvalue weighted by Gasteiger charge is -2.23. The van der Waals surface area contributed by atoms with Gasteiger partial charge in [0.25, 0.3) is 0 Å². The van der Waals surface area contributed by atoms with Gasteiger partial charge < -0.3 is 24.8 Å². The van der Waals surface area contributed by atoms with Gasteiger partial charge in [-0.2, -0.15) is 0 Å². The summed E-state index contributed by atoms with van der Waals surface area (Å²) in [6, 6.07) is -0.279. The molecule has 2 N–H and O–H groups in total. The molecule has 0 aliphatic carbocycles. The van der Waals surface area contributed by atoms with Gasteiger partial charge in [-0.05, 0) is 19.4 Å². The number of hydrogen-bond acceptors (Lipinski definition) is 4. The zero-order valence-corrected chi connectivity index (χ0v) is 10.7. The van der Waals surface area contributed by atoms with Gasteiger partial charge in [0.2, 0.25) is 0 Å². The Balaban J connectivity index is 0.000000304. The lowest BCUT2D eigenvalue weighted by Crippen LogP contribution is -2.45. The molecule has 1 rings (SSSR count). The molecule has 1 unspecified atom stereocenters. The van der Waals surface area contributed by atoms with Crippen molar-refractivity contribution in [2.75, 3.05) is 34.2 Å². The van der Waals surface area contributed by atoms with Gasteiger partial charge in [0.15, 0.2) is 0 Å². The van der Waals surface area contributed by atoms with E-state index in [0.29, 0.717) is 4.48 Å². The van der Waals surface area contributed by atoms with Crippen LogP contribution in [-0.2, 0) is 9.59 Å². The third-order valence-electron chi connectivity index (χ3n) is 2.21. The molecule has 0 aromatic heterocycles. The summed E-state index contributed by atoms with van der Waals surface area (Å²) in [6.07, 6.45) is 2.95. The van der Waals surface area contributed by atoms with Crippen molar-refractivity contribution in [3.05, 3.63) is 0 Å². The number of rotatable bonds is 3. The Morgan fingerprint density at radius 3 is 2.12 bits per heavy atom. The van der Waals surface area contributed by atoms with Gasteiger partial charge in [-0.3, -0.25) is 4.79 Å². The van der Waals surface area contributed by atoms with Crippen molar-refractivity contribution in [3.63, 3.8) is 0 Å². The van der Waals surface area contributed by atoms with Gasteiger partial charge in [0.05, 0.1) is 27.1 Å². The van der Waals surface area contributed by atoms with Gasteiger partial charge in [-0.15, -0.1) is 0 Å². The highest BCUT2D eigenvalue weighted by atomic mass is 16.4. The van der Waals surface area contributed by atoms with Crippen LogP contribution in [0.4, 0.5) is 0 Å². The number of carboxylic acids is 2. The molecule has 17 heavy (non-hydrogen) atoms. The number of carbonyl (C=O) groups is 2. The van der Waals surface area contributed by atoms with Crippen LogP contribution < -0.4 is 10.4 Å². The Morgan fingerprint density at radius 2 is 1.94 bits per heavy atom. The lowest BCUT2D eigenvalue weighted by molar-refractivity contribution is -0.864. The average molecular weight is 246 g/mol. The Hall–Kier alpha value is -1.14. The fraction of sp³-hybridized carbons (Fsp3) is 0.818. The molecular weight excluding hydrogens is 224 g/mol. The molecule has 1 aliphatic rings. The van der Waals surface area contributed by atoms with Crippen molar-refractivity contribution in [2.24, 2.45) is 0 Å². The van der Waals surface area contributed by atoms with Crippen LogP contribution in [0, 0.1) is 0 Å². The van der Waals surface area contributed by atoms with E-state index < -0.39 is 11.9 Å². The van der Waals surface area contributed by atoms with Crippen LogP contribution in [0.3, 0.4) is 0 Å². The molecule has 0 spiro atoms. The van der Waals surface area contributed by atoms with E-state index in [1.807, 2.05) is 0 Å². The SMILES string of the molecule is C[N+](C)(C)CC(=O)[O-].O=C(O)C1CCCCN1. The number of aliphatic carboxylic acids is 2. The van der Waals surface area contributed by atoms with Crippen molar-refractivity contribution in [1.82, 2.24) is 5.32 Å². The van der Waals surface area contributed by atoms with E-state index in [0.717, 1.165) is 25.8 Å². The second kappa shape index (κ2) is 7.24. The predicted molar refractivity (Wildman–Crippen MR) is 61.2 cm³/mol. The standard InChI is InChI=1S/C6H11NO2.C5H11NO2/c8-6(9)5-3-1-2-4-7-5;1-6(2,3)4-5(7)8/h5,7H,1-4H2,(H,8,9);4H2,1-3H3.